The van der Waals surface area contributed by atoms with Gasteiger partial charge in [0.1, 0.15) is 5.82 Å². The average Bonchev–Trinajstić information content (AvgIpc) is 3.12. The summed E-state index contributed by atoms with van der Waals surface area (Å²) in [6.07, 6.45) is 2.79. The number of aromatic nitrogens is 2. The molecular weight excluding hydrogens is 384 g/mol. The summed E-state index contributed by atoms with van der Waals surface area (Å²) in [6, 6.07) is 23.8. The van der Waals surface area contributed by atoms with Crippen molar-refractivity contribution in [2.24, 2.45) is 0 Å². The van der Waals surface area contributed by atoms with E-state index in [-0.39, 0.29) is 6.03 Å². The molecule has 0 atom stereocenters. The van der Waals surface area contributed by atoms with Crippen LogP contribution in [-0.2, 0) is 19.4 Å². The van der Waals surface area contributed by atoms with E-state index in [0.29, 0.717) is 0 Å². The van der Waals surface area contributed by atoms with Gasteiger partial charge in [0.2, 0.25) is 0 Å². The molecule has 0 aliphatic rings. The lowest BCUT2D eigenvalue weighted by molar-refractivity contribution is 0.262. The van der Waals surface area contributed by atoms with E-state index in [0.717, 1.165) is 54.1 Å². The minimum absolute atomic E-state index is 0.245. The largest absolute Gasteiger partial charge is 0.328 e. The predicted octanol–water partition coefficient (Wildman–Crippen LogP) is 6.18. The second-order valence-electron chi connectivity index (χ2n) is 7.81. The first kappa shape index (κ1) is 20.7. The van der Waals surface area contributed by atoms with Crippen LogP contribution < -0.4 is 10.6 Å². The molecule has 1 heterocycles. The van der Waals surface area contributed by atoms with Gasteiger partial charge in [-0.05, 0) is 61.7 Å². The third kappa shape index (κ3) is 5.12. The Bertz CT molecular complexity index is 1180. The van der Waals surface area contributed by atoms with Gasteiger partial charge >= 0.3 is 6.03 Å². The monoisotopic (exact) mass is 412 g/mol. The summed E-state index contributed by atoms with van der Waals surface area (Å²) in [5.41, 5.74) is 6.13. The van der Waals surface area contributed by atoms with Crippen molar-refractivity contribution >= 4 is 28.4 Å². The number of imidazole rings is 1. The van der Waals surface area contributed by atoms with Crippen LogP contribution in [0.25, 0.3) is 11.0 Å². The number of rotatable bonds is 7. The summed E-state index contributed by atoms with van der Waals surface area (Å²) in [6.45, 7) is 5.18. The van der Waals surface area contributed by atoms with Crippen molar-refractivity contribution in [1.29, 1.82) is 0 Å². The van der Waals surface area contributed by atoms with Gasteiger partial charge in [0, 0.05) is 24.3 Å². The Morgan fingerprint density at radius 3 is 2.48 bits per heavy atom. The van der Waals surface area contributed by atoms with E-state index in [1.807, 2.05) is 55.5 Å². The maximum Gasteiger partial charge on any atom is 0.323 e. The highest BCUT2D eigenvalue weighted by Gasteiger charge is 2.10. The third-order valence-electron chi connectivity index (χ3n) is 5.31. The number of hydrogen-bond donors (Lipinski definition) is 2. The molecule has 1 aromatic heterocycles. The average molecular weight is 413 g/mol. The highest BCUT2D eigenvalue weighted by atomic mass is 16.2. The van der Waals surface area contributed by atoms with Gasteiger partial charge in [-0.15, -0.1) is 0 Å². The van der Waals surface area contributed by atoms with Crippen LogP contribution in [0.4, 0.5) is 16.2 Å². The van der Waals surface area contributed by atoms with Gasteiger partial charge < -0.3 is 15.2 Å². The number of carbonyl (C=O) groups is 1. The van der Waals surface area contributed by atoms with Crippen molar-refractivity contribution in [3.05, 3.63) is 89.7 Å². The summed E-state index contributed by atoms with van der Waals surface area (Å²) in [5.74, 6) is 1.11. The molecule has 0 fully saturated rings. The van der Waals surface area contributed by atoms with Crippen LogP contribution in [0.5, 0.6) is 0 Å². The molecule has 3 aromatic carbocycles. The molecule has 2 N–H and O–H groups in total. The van der Waals surface area contributed by atoms with Crippen LogP contribution in [0.2, 0.25) is 0 Å². The maximum absolute atomic E-state index is 12.3. The summed E-state index contributed by atoms with van der Waals surface area (Å²) >= 11 is 0. The summed E-state index contributed by atoms with van der Waals surface area (Å²) in [4.78, 5) is 17.2. The van der Waals surface area contributed by atoms with Crippen molar-refractivity contribution in [3.63, 3.8) is 0 Å². The number of carbonyl (C=O) groups excluding carboxylic acids is 1. The number of fused-ring (bicyclic) bond motifs is 1. The van der Waals surface area contributed by atoms with Gasteiger partial charge in [-0.3, -0.25) is 0 Å². The van der Waals surface area contributed by atoms with Crippen LogP contribution in [0.1, 0.15) is 30.3 Å². The fraction of sp³-hybridized carbons (Fsp3) is 0.231. The lowest BCUT2D eigenvalue weighted by Crippen LogP contribution is -2.19. The molecule has 0 radical (unpaired) electrons. The lowest BCUT2D eigenvalue weighted by atomic mass is 10.1. The number of urea groups is 1. The number of para-hydroxylation sites is 2. The van der Waals surface area contributed by atoms with Crippen LogP contribution in [-0.4, -0.2) is 15.6 Å². The zero-order valence-corrected chi connectivity index (χ0v) is 18.1. The zero-order chi connectivity index (χ0) is 21.6. The quantitative estimate of drug-likeness (QED) is 0.380. The molecule has 5 nitrogen and oxygen atoms in total. The number of aryl methyl sites for hydroxylation is 4. The molecule has 5 heteroatoms. The molecule has 0 aliphatic heterocycles. The van der Waals surface area contributed by atoms with E-state index in [4.69, 9.17) is 4.98 Å². The third-order valence-corrected chi connectivity index (χ3v) is 5.31. The van der Waals surface area contributed by atoms with Crippen LogP contribution >= 0.6 is 0 Å². The van der Waals surface area contributed by atoms with E-state index in [9.17, 15) is 4.79 Å². The SMILES string of the molecule is CCCn1c(CCc2cccc(NC(=O)Nc3ccc(C)cc3)c2)nc2ccccc21. The molecule has 0 unspecified atom stereocenters. The Balaban J connectivity index is 1.42. The number of nitrogens with one attached hydrogen (secondary N) is 2. The standard InChI is InChI=1S/C26H28N4O/c1-3-17-30-24-10-5-4-9-23(24)29-25(30)16-13-20-7-6-8-22(18-20)28-26(31)27-21-14-11-19(2)12-15-21/h4-12,14-15,18H,3,13,16-17H2,1-2H3,(H2,27,28,31). The Hall–Kier alpha value is -3.60. The Morgan fingerprint density at radius 2 is 1.68 bits per heavy atom. The topological polar surface area (TPSA) is 59.0 Å². The van der Waals surface area contributed by atoms with E-state index >= 15 is 0 Å². The molecule has 0 saturated heterocycles. The molecule has 4 rings (SSSR count). The fourth-order valence-corrected chi connectivity index (χ4v) is 3.78. The summed E-state index contributed by atoms with van der Waals surface area (Å²) in [5, 5.41) is 5.79. The fourth-order valence-electron chi connectivity index (χ4n) is 3.78. The van der Waals surface area contributed by atoms with E-state index < -0.39 is 0 Å². The number of benzene rings is 3. The summed E-state index contributed by atoms with van der Waals surface area (Å²) < 4.78 is 2.33. The van der Waals surface area contributed by atoms with Crippen LogP contribution in [0, 0.1) is 6.92 Å². The second kappa shape index (κ2) is 9.47. The number of nitrogens with zero attached hydrogens (tertiary/aromatic N) is 2. The second-order valence-corrected chi connectivity index (χ2v) is 7.81. The van der Waals surface area contributed by atoms with Crippen molar-refractivity contribution in [1.82, 2.24) is 9.55 Å². The lowest BCUT2D eigenvalue weighted by Gasteiger charge is -2.10. The minimum Gasteiger partial charge on any atom is -0.328 e. The van der Waals surface area contributed by atoms with Crippen molar-refractivity contribution < 1.29 is 4.79 Å². The smallest absolute Gasteiger partial charge is 0.323 e. The summed E-state index contributed by atoms with van der Waals surface area (Å²) in [7, 11) is 0. The maximum atomic E-state index is 12.3. The van der Waals surface area contributed by atoms with Gasteiger partial charge in [0.15, 0.2) is 0 Å². The number of anilines is 2. The van der Waals surface area contributed by atoms with E-state index in [1.54, 1.807) is 0 Å². The molecule has 0 bridgehead atoms. The number of hydrogen-bond acceptors (Lipinski definition) is 2. The highest BCUT2D eigenvalue weighted by molar-refractivity contribution is 5.99. The number of amides is 2. The van der Waals surface area contributed by atoms with Gasteiger partial charge in [-0.1, -0.05) is 48.9 Å². The van der Waals surface area contributed by atoms with Gasteiger partial charge in [0.05, 0.1) is 11.0 Å². The molecule has 31 heavy (non-hydrogen) atoms. The molecule has 2 amide bonds. The van der Waals surface area contributed by atoms with Gasteiger partial charge in [-0.2, -0.15) is 0 Å². The van der Waals surface area contributed by atoms with Crippen LogP contribution in [0.15, 0.2) is 72.8 Å². The Kier molecular flexibility index (Phi) is 6.32. The molecule has 158 valence electrons. The molecular formula is C26H28N4O. The molecule has 4 aromatic rings. The molecule has 0 saturated carbocycles. The first-order valence-corrected chi connectivity index (χ1v) is 10.8. The van der Waals surface area contributed by atoms with Crippen molar-refractivity contribution in [3.8, 4) is 0 Å². The van der Waals surface area contributed by atoms with Crippen LogP contribution in [0.3, 0.4) is 0 Å². The van der Waals surface area contributed by atoms with Crippen molar-refractivity contribution in [2.45, 2.75) is 39.7 Å². The van der Waals surface area contributed by atoms with E-state index in [2.05, 4.69) is 46.4 Å². The van der Waals surface area contributed by atoms with Crippen molar-refractivity contribution in [2.75, 3.05) is 10.6 Å². The molecule has 0 spiro atoms. The Labute approximate surface area is 183 Å². The normalized spacial score (nSPS) is 10.9. The van der Waals surface area contributed by atoms with E-state index in [1.165, 1.54) is 11.1 Å². The zero-order valence-electron chi connectivity index (χ0n) is 18.1. The first-order valence-electron chi connectivity index (χ1n) is 10.8. The highest BCUT2D eigenvalue weighted by Crippen LogP contribution is 2.19. The Morgan fingerprint density at radius 1 is 0.903 bits per heavy atom. The molecule has 0 aliphatic carbocycles. The van der Waals surface area contributed by atoms with Gasteiger partial charge in [-0.25, -0.2) is 9.78 Å². The predicted molar refractivity (Wildman–Crippen MR) is 128 cm³/mol. The first-order chi connectivity index (χ1) is 15.1. The minimum atomic E-state index is -0.245. The van der Waals surface area contributed by atoms with Gasteiger partial charge in [0.25, 0.3) is 0 Å².